The summed E-state index contributed by atoms with van der Waals surface area (Å²) in [5.74, 6) is -2.73. The number of ether oxygens (including phenoxy) is 1. The summed E-state index contributed by atoms with van der Waals surface area (Å²) in [5, 5.41) is 10.4. The molecule has 4 nitrogen and oxygen atoms in total. The number of nitrogens with zero attached hydrogens (tertiary/aromatic N) is 1. The lowest BCUT2D eigenvalue weighted by molar-refractivity contribution is -0.385. The molecule has 0 amide bonds. The minimum atomic E-state index is -1.13. The molecule has 19 heavy (non-hydrogen) atoms. The van der Waals surface area contributed by atoms with Gasteiger partial charge in [0.05, 0.1) is 17.1 Å². The van der Waals surface area contributed by atoms with Gasteiger partial charge in [-0.1, -0.05) is 22.0 Å². The summed E-state index contributed by atoms with van der Waals surface area (Å²) >= 11 is 3.19. The third-order valence-corrected chi connectivity index (χ3v) is 2.70. The maximum Gasteiger partial charge on any atom is 0.275 e. The fourth-order valence-corrected chi connectivity index (χ4v) is 1.78. The average molecular weight is 330 g/mol. The molecular formula is C12H6BrF2NO3. The molecule has 0 fully saturated rings. The van der Waals surface area contributed by atoms with Crippen LogP contribution in [0.5, 0.6) is 11.5 Å². The zero-order chi connectivity index (χ0) is 14.0. The number of nitro benzene ring substituents is 1. The van der Waals surface area contributed by atoms with Gasteiger partial charge >= 0.3 is 0 Å². The number of hydrogen-bond acceptors (Lipinski definition) is 3. The molecule has 0 aliphatic carbocycles. The van der Waals surface area contributed by atoms with Crippen LogP contribution in [0.2, 0.25) is 0 Å². The van der Waals surface area contributed by atoms with Crippen LogP contribution in [-0.2, 0) is 0 Å². The van der Waals surface area contributed by atoms with Gasteiger partial charge in [-0.2, -0.15) is 0 Å². The van der Waals surface area contributed by atoms with Crippen molar-refractivity contribution in [2.75, 3.05) is 0 Å². The molecule has 0 atom stereocenters. The van der Waals surface area contributed by atoms with Crippen molar-refractivity contribution in [1.29, 1.82) is 0 Å². The predicted molar refractivity (Wildman–Crippen MR) is 67.2 cm³/mol. The van der Waals surface area contributed by atoms with Gasteiger partial charge in [-0.05, 0) is 18.2 Å². The Kier molecular flexibility index (Phi) is 3.75. The van der Waals surface area contributed by atoms with E-state index in [0.29, 0.717) is 16.6 Å². The van der Waals surface area contributed by atoms with E-state index in [4.69, 9.17) is 4.74 Å². The maximum absolute atomic E-state index is 13.6. The van der Waals surface area contributed by atoms with Gasteiger partial charge in [0.1, 0.15) is 5.75 Å². The summed E-state index contributed by atoms with van der Waals surface area (Å²) in [6, 6.07) is 7.58. The molecular weight excluding hydrogens is 324 g/mol. The zero-order valence-electron chi connectivity index (χ0n) is 9.27. The molecule has 0 aromatic heterocycles. The highest BCUT2D eigenvalue weighted by Gasteiger charge is 2.18. The Morgan fingerprint density at radius 2 is 1.79 bits per heavy atom. The lowest BCUT2D eigenvalue weighted by atomic mass is 10.2. The molecule has 0 bridgehead atoms. The van der Waals surface area contributed by atoms with Crippen molar-refractivity contribution in [1.82, 2.24) is 0 Å². The first-order chi connectivity index (χ1) is 8.97. The van der Waals surface area contributed by atoms with Crippen LogP contribution in [0, 0.1) is 21.7 Å². The van der Waals surface area contributed by atoms with E-state index in [1.165, 1.54) is 12.1 Å². The number of hydrogen-bond donors (Lipinski definition) is 0. The third-order valence-electron chi connectivity index (χ3n) is 2.21. The molecule has 0 aliphatic heterocycles. The fraction of sp³-hybridized carbons (Fsp3) is 0. The first-order valence-electron chi connectivity index (χ1n) is 5.04. The van der Waals surface area contributed by atoms with E-state index in [1.54, 1.807) is 12.1 Å². The summed E-state index contributed by atoms with van der Waals surface area (Å²) in [6.45, 7) is 0. The first kappa shape index (κ1) is 13.4. The lowest BCUT2D eigenvalue weighted by Gasteiger charge is -2.08. The Hall–Kier alpha value is -2.02. The Labute approximate surface area is 114 Å². The van der Waals surface area contributed by atoms with E-state index in [9.17, 15) is 18.9 Å². The highest BCUT2D eigenvalue weighted by Crippen LogP contribution is 2.31. The minimum absolute atomic E-state index is 0.209. The van der Waals surface area contributed by atoms with Gasteiger partial charge < -0.3 is 4.74 Å². The summed E-state index contributed by atoms with van der Waals surface area (Å²) < 4.78 is 32.9. The van der Waals surface area contributed by atoms with Crippen molar-refractivity contribution in [2.45, 2.75) is 0 Å². The number of rotatable bonds is 3. The van der Waals surface area contributed by atoms with E-state index in [0.717, 1.165) is 0 Å². The highest BCUT2D eigenvalue weighted by atomic mass is 79.9. The van der Waals surface area contributed by atoms with Gasteiger partial charge in [0.2, 0.25) is 0 Å². The Bertz CT molecular complexity index is 626. The quantitative estimate of drug-likeness (QED) is 0.618. The Morgan fingerprint density at radius 1 is 1.16 bits per heavy atom. The normalized spacial score (nSPS) is 10.3. The van der Waals surface area contributed by atoms with Crippen LogP contribution >= 0.6 is 15.9 Å². The van der Waals surface area contributed by atoms with Crippen molar-refractivity contribution in [3.63, 3.8) is 0 Å². The molecule has 0 aliphatic rings. The molecule has 0 unspecified atom stereocenters. The van der Waals surface area contributed by atoms with Crippen LogP contribution in [0.25, 0.3) is 0 Å². The van der Waals surface area contributed by atoms with Gasteiger partial charge in [-0.25, -0.2) is 8.78 Å². The summed E-state index contributed by atoms with van der Waals surface area (Å²) in [4.78, 5) is 9.56. The smallest absolute Gasteiger partial charge is 0.275 e. The number of benzene rings is 2. The van der Waals surface area contributed by atoms with Crippen LogP contribution in [0.1, 0.15) is 0 Å². The summed E-state index contributed by atoms with van der Waals surface area (Å²) in [5.41, 5.74) is -0.670. The molecule has 2 aromatic carbocycles. The number of halogens is 3. The van der Waals surface area contributed by atoms with Crippen LogP contribution < -0.4 is 4.74 Å². The molecule has 0 saturated heterocycles. The van der Waals surface area contributed by atoms with Crippen molar-refractivity contribution in [3.8, 4) is 11.5 Å². The van der Waals surface area contributed by atoms with E-state index in [2.05, 4.69) is 15.9 Å². The molecule has 0 radical (unpaired) electrons. The van der Waals surface area contributed by atoms with Gasteiger partial charge in [-0.15, -0.1) is 0 Å². The largest absolute Gasteiger partial charge is 0.451 e. The number of nitro groups is 1. The summed E-state index contributed by atoms with van der Waals surface area (Å²) in [7, 11) is 0. The topological polar surface area (TPSA) is 52.4 Å². The molecule has 7 heteroatoms. The molecule has 0 N–H and O–H groups in total. The Balaban J connectivity index is 2.38. The van der Waals surface area contributed by atoms with Gasteiger partial charge in [0.25, 0.3) is 5.69 Å². The lowest BCUT2D eigenvalue weighted by Crippen LogP contribution is -1.96. The number of non-ortho nitro benzene ring substituents is 1. The monoisotopic (exact) mass is 329 g/mol. The molecule has 98 valence electrons. The first-order valence-corrected chi connectivity index (χ1v) is 5.83. The molecule has 0 spiro atoms. The predicted octanol–water partition coefficient (Wildman–Crippen LogP) is 4.43. The van der Waals surface area contributed by atoms with Crippen LogP contribution in [0.3, 0.4) is 0 Å². The second kappa shape index (κ2) is 5.31. The molecule has 2 aromatic rings. The fourth-order valence-electron chi connectivity index (χ4n) is 1.40. The minimum Gasteiger partial charge on any atom is -0.451 e. The van der Waals surface area contributed by atoms with Gasteiger partial charge in [-0.3, -0.25) is 10.1 Å². The maximum atomic E-state index is 13.6. The van der Waals surface area contributed by atoms with Crippen molar-refractivity contribution in [2.24, 2.45) is 0 Å². The summed E-state index contributed by atoms with van der Waals surface area (Å²) in [6.07, 6.45) is 0. The van der Waals surface area contributed by atoms with E-state index in [-0.39, 0.29) is 5.75 Å². The average Bonchev–Trinajstić information content (AvgIpc) is 2.33. The third kappa shape index (κ3) is 3.05. The van der Waals surface area contributed by atoms with E-state index < -0.39 is 28.0 Å². The zero-order valence-corrected chi connectivity index (χ0v) is 10.9. The van der Waals surface area contributed by atoms with Crippen LogP contribution in [0.15, 0.2) is 40.9 Å². The molecule has 0 heterocycles. The van der Waals surface area contributed by atoms with Gasteiger partial charge in [0, 0.05) is 4.47 Å². The van der Waals surface area contributed by atoms with Crippen molar-refractivity contribution >= 4 is 21.6 Å². The standard InChI is InChI=1S/C12H6BrF2NO3/c13-7-2-1-3-9(4-7)19-12-10(14)5-8(16(17)18)6-11(12)15/h1-6H. The molecule has 2 rings (SSSR count). The molecule has 0 saturated carbocycles. The van der Waals surface area contributed by atoms with Crippen molar-refractivity contribution < 1.29 is 18.4 Å². The van der Waals surface area contributed by atoms with Crippen LogP contribution in [0.4, 0.5) is 14.5 Å². The van der Waals surface area contributed by atoms with Crippen LogP contribution in [-0.4, -0.2) is 4.92 Å². The Morgan fingerprint density at radius 3 is 2.32 bits per heavy atom. The second-order valence-electron chi connectivity index (χ2n) is 3.56. The second-order valence-corrected chi connectivity index (χ2v) is 4.47. The van der Waals surface area contributed by atoms with Gasteiger partial charge in [0.15, 0.2) is 17.4 Å². The SMILES string of the molecule is O=[N+]([O-])c1cc(F)c(Oc2cccc(Br)c2)c(F)c1. The van der Waals surface area contributed by atoms with E-state index >= 15 is 0 Å². The van der Waals surface area contributed by atoms with E-state index in [1.807, 2.05) is 0 Å². The highest BCUT2D eigenvalue weighted by molar-refractivity contribution is 9.10. The van der Waals surface area contributed by atoms with Crippen molar-refractivity contribution in [3.05, 3.63) is 62.6 Å².